The zero-order valence-electron chi connectivity index (χ0n) is 12.8. The van der Waals surface area contributed by atoms with Crippen molar-refractivity contribution in [1.29, 1.82) is 0 Å². The lowest BCUT2D eigenvalue weighted by atomic mass is 10.1. The Labute approximate surface area is 128 Å². The van der Waals surface area contributed by atoms with Crippen LogP contribution >= 0.6 is 0 Å². The number of hydrogen-bond donors (Lipinski definition) is 1. The van der Waals surface area contributed by atoms with Crippen LogP contribution < -0.4 is 14.8 Å². The highest BCUT2D eigenvalue weighted by Crippen LogP contribution is 2.28. The second kappa shape index (κ2) is 6.93. The first-order valence-corrected chi connectivity index (χ1v) is 6.93. The topological polar surface area (TPSA) is 47.6 Å². The van der Waals surface area contributed by atoms with Crippen molar-refractivity contribution in [2.75, 3.05) is 19.0 Å². The van der Waals surface area contributed by atoms with E-state index in [9.17, 15) is 9.18 Å². The van der Waals surface area contributed by atoms with Gasteiger partial charge in [0.15, 0.2) is 11.5 Å². The van der Waals surface area contributed by atoms with Gasteiger partial charge in [0.05, 0.1) is 13.7 Å². The second-order valence-electron chi connectivity index (χ2n) is 4.71. The van der Waals surface area contributed by atoms with Crippen LogP contribution in [0.25, 0.3) is 0 Å². The van der Waals surface area contributed by atoms with E-state index in [1.807, 2.05) is 6.92 Å². The Morgan fingerprint density at radius 3 is 2.64 bits per heavy atom. The lowest BCUT2D eigenvalue weighted by Crippen LogP contribution is -2.13. The van der Waals surface area contributed by atoms with Crippen molar-refractivity contribution in [2.24, 2.45) is 0 Å². The standard InChI is InChI=1S/C17H18FNO3/c1-4-22-16-9-12(6-8-15(16)21-3)17(20)19-14-10-13(18)7-5-11(14)2/h5-10H,4H2,1-3H3,(H,19,20). The predicted octanol–water partition coefficient (Wildman–Crippen LogP) is 3.79. The highest BCUT2D eigenvalue weighted by atomic mass is 19.1. The molecule has 0 fully saturated rings. The van der Waals surface area contributed by atoms with Gasteiger partial charge in [-0.1, -0.05) is 6.07 Å². The summed E-state index contributed by atoms with van der Waals surface area (Å²) < 4.78 is 23.9. The van der Waals surface area contributed by atoms with Gasteiger partial charge in [0.25, 0.3) is 5.91 Å². The Balaban J connectivity index is 2.25. The maximum Gasteiger partial charge on any atom is 0.255 e. The summed E-state index contributed by atoms with van der Waals surface area (Å²) in [5.74, 6) is 0.317. The molecule has 5 heteroatoms. The first kappa shape index (κ1) is 15.8. The molecule has 4 nitrogen and oxygen atoms in total. The van der Waals surface area contributed by atoms with Gasteiger partial charge in [-0.15, -0.1) is 0 Å². The number of amides is 1. The average molecular weight is 303 g/mol. The molecule has 0 saturated heterocycles. The number of carbonyl (C=O) groups is 1. The summed E-state index contributed by atoms with van der Waals surface area (Å²) >= 11 is 0. The number of hydrogen-bond acceptors (Lipinski definition) is 3. The third-order valence-electron chi connectivity index (χ3n) is 3.17. The van der Waals surface area contributed by atoms with Gasteiger partial charge >= 0.3 is 0 Å². The second-order valence-corrected chi connectivity index (χ2v) is 4.71. The Kier molecular flexibility index (Phi) is 4.99. The molecule has 22 heavy (non-hydrogen) atoms. The molecule has 0 unspecified atom stereocenters. The fraction of sp³-hybridized carbons (Fsp3) is 0.235. The summed E-state index contributed by atoms with van der Waals surface area (Å²) in [5.41, 5.74) is 1.64. The van der Waals surface area contributed by atoms with Gasteiger partial charge in [-0.3, -0.25) is 4.79 Å². The minimum atomic E-state index is -0.398. The van der Waals surface area contributed by atoms with Crippen molar-refractivity contribution < 1.29 is 18.7 Å². The summed E-state index contributed by atoms with van der Waals surface area (Å²) in [6, 6.07) is 9.16. The number of benzene rings is 2. The van der Waals surface area contributed by atoms with E-state index in [-0.39, 0.29) is 5.91 Å². The van der Waals surface area contributed by atoms with Crippen molar-refractivity contribution in [1.82, 2.24) is 0 Å². The number of methoxy groups -OCH3 is 1. The number of aryl methyl sites for hydroxylation is 1. The van der Waals surface area contributed by atoms with E-state index in [0.717, 1.165) is 5.56 Å². The molecule has 0 radical (unpaired) electrons. The summed E-state index contributed by atoms with van der Waals surface area (Å²) in [4.78, 5) is 12.3. The number of carbonyl (C=O) groups excluding carboxylic acids is 1. The molecule has 2 rings (SSSR count). The van der Waals surface area contributed by atoms with Crippen LogP contribution in [-0.2, 0) is 0 Å². The van der Waals surface area contributed by atoms with Crippen LogP contribution in [-0.4, -0.2) is 19.6 Å². The van der Waals surface area contributed by atoms with Gasteiger partial charge in [0.2, 0.25) is 0 Å². The van der Waals surface area contributed by atoms with Gasteiger partial charge in [-0.25, -0.2) is 4.39 Å². The van der Waals surface area contributed by atoms with E-state index in [2.05, 4.69) is 5.32 Å². The molecule has 0 heterocycles. The van der Waals surface area contributed by atoms with Crippen molar-refractivity contribution >= 4 is 11.6 Å². The van der Waals surface area contributed by atoms with Crippen LogP contribution in [0.4, 0.5) is 10.1 Å². The summed E-state index contributed by atoms with van der Waals surface area (Å²) in [6.07, 6.45) is 0. The van der Waals surface area contributed by atoms with Crippen molar-refractivity contribution in [3.8, 4) is 11.5 Å². The highest BCUT2D eigenvalue weighted by Gasteiger charge is 2.12. The predicted molar refractivity (Wildman–Crippen MR) is 83.3 cm³/mol. The van der Waals surface area contributed by atoms with Crippen LogP contribution in [0, 0.1) is 12.7 Å². The molecule has 0 bridgehead atoms. The summed E-state index contributed by atoms with van der Waals surface area (Å²) in [7, 11) is 1.54. The molecule has 0 aliphatic rings. The van der Waals surface area contributed by atoms with Crippen molar-refractivity contribution in [2.45, 2.75) is 13.8 Å². The van der Waals surface area contributed by atoms with E-state index < -0.39 is 5.82 Å². The molecule has 1 N–H and O–H groups in total. The zero-order valence-corrected chi connectivity index (χ0v) is 12.8. The van der Waals surface area contributed by atoms with Gasteiger partial charge in [-0.05, 0) is 49.7 Å². The van der Waals surface area contributed by atoms with E-state index in [1.165, 1.54) is 19.2 Å². The SMILES string of the molecule is CCOc1cc(C(=O)Nc2cc(F)ccc2C)ccc1OC. The van der Waals surface area contributed by atoms with Crippen LogP contribution in [0.15, 0.2) is 36.4 Å². The number of halogens is 1. The summed E-state index contributed by atoms with van der Waals surface area (Å²) in [6.45, 7) is 4.11. The van der Waals surface area contributed by atoms with Gasteiger partial charge < -0.3 is 14.8 Å². The van der Waals surface area contributed by atoms with Crippen LogP contribution in [0.1, 0.15) is 22.8 Å². The van der Waals surface area contributed by atoms with E-state index in [0.29, 0.717) is 29.4 Å². The van der Waals surface area contributed by atoms with Crippen LogP contribution in [0.3, 0.4) is 0 Å². The fourth-order valence-electron chi connectivity index (χ4n) is 2.01. The third kappa shape index (κ3) is 3.55. The van der Waals surface area contributed by atoms with E-state index in [1.54, 1.807) is 31.2 Å². The van der Waals surface area contributed by atoms with Gasteiger partial charge in [0, 0.05) is 11.3 Å². The molecule has 0 aromatic heterocycles. The molecule has 0 spiro atoms. The van der Waals surface area contributed by atoms with Crippen molar-refractivity contribution in [3.63, 3.8) is 0 Å². The quantitative estimate of drug-likeness (QED) is 0.914. The minimum absolute atomic E-state index is 0.336. The first-order chi connectivity index (χ1) is 10.5. The smallest absolute Gasteiger partial charge is 0.255 e. The van der Waals surface area contributed by atoms with Crippen molar-refractivity contribution in [3.05, 3.63) is 53.3 Å². The Hall–Kier alpha value is -2.56. The number of ether oxygens (including phenoxy) is 2. The van der Waals surface area contributed by atoms with E-state index in [4.69, 9.17) is 9.47 Å². The maximum absolute atomic E-state index is 13.3. The zero-order chi connectivity index (χ0) is 16.1. The molecule has 1 amide bonds. The normalized spacial score (nSPS) is 10.2. The molecule has 2 aromatic carbocycles. The first-order valence-electron chi connectivity index (χ1n) is 6.93. The fourth-order valence-corrected chi connectivity index (χ4v) is 2.01. The lowest BCUT2D eigenvalue weighted by molar-refractivity contribution is 0.102. The molecule has 0 aliphatic carbocycles. The van der Waals surface area contributed by atoms with Gasteiger partial charge in [-0.2, -0.15) is 0 Å². The molecular weight excluding hydrogens is 285 g/mol. The average Bonchev–Trinajstić information content (AvgIpc) is 2.51. The Morgan fingerprint density at radius 1 is 1.18 bits per heavy atom. The lowest BCUT2D eigenvalue weighted by Gasteiger charge is -2.12. The molecular formula is C17H18FNO3. The van der Waals surface area contributed by atoms with E-state index >= 15 is 0 Å². The number of anilines is 1. The van der Waals surface area contributed by atoms with Crippen LogP contribution in [0.2, 0.25) is 0 Å². The minimum Gasteiger partial charge on any atom is -0.493 e. The van der Waals surface area contributed by atoms with Crippen LogP contribution in [0.5, 0.6) is 11.5 Å². The molecule has 0 atom stereocenters. The number of rotatable bonds is 5. The molecule has 0 aliphatic heterocycles. The summed E-state index contributed by atoms with van der Waals surface area (Å²) in [5, 5.41) is 2.70. The molecule has 2 aromatic rings. The highest BCUT2D eigenvalue weighted by molar-refractivity contribution is 6.05. The van der Waals surface area contributed by atoms with Gasteiger partial charge in [0.1, 0.15) is 5.82 Å². The molecule has 116 valence electrons. The Bertz CT molecular complexity index is 686. The Morgan fingerprint density at radius 2 is 1.95 bits per heavy atom. The largest absolute Gasteiger partial charge is 0.493 e. The third-order valence-corrected chi connectivity index (χ3v) is 3.17. The number of nitrogens with one attached hydrogen (secondary N) is 1. The maximum atomic E-state index is 13.3. The monoisotopic (exact) mass is 303 g/mol. The molecule has 0 saturated carbocycles.